The Bertz CT molecular complexity index is 1170. The molecular weight excluding hydrogens is 456 g/mol. The third kappa shape index (κ3) is 5.65. The van der Waals surface area contributed by atoms with Gasteiger partial charge in [0.1, 0.15) is 0 Å². The van der Waals surface area contributed by atoms with Crippen molar-refractivity contribution in [3.8, 4) is 11.6 Å². The summed E-state index contributed by atoms with van der Waals surface area (Å²) in [6.45, 7) is 0.806. The lowest BCUT2D eigenvalue weighted by Gasteiger charge is -2.27. The molecule has 4 aromatic heterocycles. The fourth-order valence-corrected chi connectivity index (χ4v) is 4.46. The second-order valence-corrected chi connectivity index (χ2v) is 8.95. The minimum Gasteiger partial charge on any atom is -0.352 e. The lowest BCUT2D eigenvalue weighted by Crippen LogP contribution is -2.38. The van der Waals surface area contributed by atoms with Crippen molar-refractivity contribution in [3.63, 3.8) is 0 Å². The Hall–Kier alpha value is -4.34. The molecule has 0 bridgehead atoms. The van der Waals surface area contributed by atoms with Crippen LogP contribution >= 0.6 is 0 Å². The number of pyridine rings is 2. The minimum absolute atomic E-state index is 0.0120. The predicted octanol–water partition coefficient (Wildman–Crippen LogP) is 2.59. The van der Waals surface area contributed by atoms with Gasteiger partial charge < -0.3 is 10.6 Å². The average Bonchev–Trinajstić information content (AvgIpc) is 3.66. The maximum atomic E-state index is 12.8. The highest BCUT2D eigenvalue weighted by Crippen LogP contribution is 2.29. The largest absolute Gasteiger partial charge is 0.352 e. The van der Waals surface area contributed by atoms with Crippen molar-refractivity contribution in [2.24, 2.45) is 11.8 Å². The number of hydrogen-bond donors (Lipinski definition) is 2. The molecular formula is C26H28N8O2. The molecule has 36 heavy (non-hydrogen) atoms. The highest BCUT2D eigenvalue weighted by molar-refractivity contribution is 5.82. The molecule has 10 heteroatoms. The van der Waals surface area contributed by atoms with Gasteiger partial charge >= 0.3 is 0 Å². The molecule has 1 fully saturated rings. The number of aromatic nitrogens is 6. The fraction of sp³-hybridized carbons (Fsp3) is 0.308. The Kier molecular flexibility index (Phi) is 7.11. The molecule has 1 aliphatic carbocycles. The molecule has 0 spiro atoms. The molecule has 10 nitrogen and oxygen atoms in total. The van der Waals surface area contributed by atoms with Gasteiger partial charge in [-0.25, -0.2) is 19.3 Å². The maximum Gasteiger partial charge on any atom is 0.223 e. The van der Waals surface area contributed by atoms with Crippen LogP contribution in [0.15, 0.2) is 73.6 Å². The molecule has 184 valence electrons. The van der Waals surface area contributed by atoms with Gasteiger partial charge in [-0.05, 0) is 54.7 Å². The average molecular weight is 485 g/mol. The van der Waals surface area contributed by atoms with Crippen LogP contribution in [-0.2, 0) is 22.7 Å². The van der Waals surface area contributed by atoms with E-state index in [1.165, 1.54) is 0 Å². The summed E-state index contributed by atoms with van der Waals surface area (Å²) in [5.74, 6) is 1.09. The highest BCUT2D eigenvalue weighted by Gasteiger charge is 2.31. The zero-order valence-electron chi connectivity index (χ0n) is 19.8. The van der Waals surface area contributed by atoms with Gasteiger partial charge in [-0.2, -0.15) is 10.2 Å². The van der Waals surface area contributed by atoms with Crippen LogP contribution < -0.4 is 10.6 Å². The van der Waals surface area contributed by atoms with Crippen molar-refractivity contribution in [3.05, 3.63) is 84.7 Å². The number of nitrogens with zero attached hydrogens (tertiary/aromatic N) is 6. The van der Waals surface area contributed by atoms with E-state index in [4.69, 9.17) is 0 Å². The van der Waals surface area contributed by atoms with E-state index < -0.39 is 0 Å². The molecule has 0 aromatic carbocycles. The van der Waals surface area contributed by atoms with E-state index >= 15 is 0 Å². The monoisotopic (exact) mass is 484 g/mol. The summed E-state index contributed by atoms with van der Waals surface area (Å²) < 4.78 is 3.37. The second kappa shape index (κ2) is 10.9. The van der Waals surface area contributed by atoms with Gasteiger partial charge in [0.2, 0.25) is 11.8 Å². The Balaban J connectivity index is 1.08. The molecule has 2 amide bonds. The number of carbonyl (C=O) groups excluding carboxylic acids is 2. The Morgan fingerprint density at radius 2 is 1.28 bits per heavy atom. The van der Waals surface area contributed by atoms with Crippen molar-refractivity contribution < 1.29 is 9.59 Å². The molecule has 2 unspecified atom stereocenters. The number of hydrogen-bond acceptors (Lipinski definition) is 6. The van der Waals surface area contributed by atoms with Gasteiger partial charge in [0.25, 0.3) is 0 Å². The first-order valence-corrected chi connectivity index (χ1v) is 12.1. The first kappa shape index (κ1) is 23.4. The third-order valence-electron chi connectivity index (χ3n) is 6.45. The first-order valence-electron chi connectivity index (χ1n) is 12.1. The van der Waals surface area contributed by atoms with Gasteiger partial charge in [0, 0.05) is 62.1 Å². The van der Waals surface area contributed by atoms with E-state index in [0.717, 1.165) is 42.0 Å². The van der Waals surface area contributed by atoms with E-state index in [0.29, 0.717) is 19.5 Å². The van der Waals surface area contributed by atoms with E-state index in [2.05, 4.69) is 30.8 Å². The summed E-state index contributed by atoms with van der Waals surface area (Å²) in [7, 11) is 0. The first-order chi connectivity index (χ1) is 17.7. The molecule has 0 saturated heterocycles. The van der Waals surface area contributed by atoms with Gasteiger partial charge in [-0.3, -0.25) is 9.59 Å². The molecule has 4 heterocycles. The number of rotatable bonds is 8. The summed E-state index contributed by atoms with van der Waals surface area (Å²) in [4.78, 5) is 34.4. The number of amides is 2. The molecule has 1 saturated carbocycles. The summed E-state index contributed by atoms with van der Waals surface area (Å²) >= 11 is 0. The van der Waals surface area contributed by atoms with Crippen LogP contribution in [0.5, 0.6) is 0 Å². The zero-order valence-corrected chi connectivity index (χ0v) is 19.8. The Labute approximate surface area is 208 Å². The van der Waals surface area contributed by atoms with Crippen LogP contribution in [0.25, 0.3) is 11.6 Å². The van der Waals surface area contributed by atoms with Gasteiger partial charge in [-0.15, -0.1) is 0 Å². The summed E-state index contributed by atoms with van der Waals surface area (Å²) in [6, 6.07) is 11.3. The number of nitrogens with one attached hydrogen (secondary N) is 2. The van der Waals surface area contributed by atoms with E-state index in [-0.39, 0.29) is 23.7 Å². The maximum absolute atomic E-state index is 12.8. The fourth-order valence-electron chi connectivity index (χ4n) is 4.46. The molecule has 1 aliphatic rings. The van der Waals surface area contributed by atoms with Crippen molar-refractivity contribution in [2.75, 3.05) is 0 Å². The van der Waals surface area contributed by atoms with E-state index in [1.54, 1.807) is 34.2 Å². The molecule has 2 atom stereocenters. The zero-order chi connectivity index (χ0) is 24.7. The van der Waals surface area contributed by atoms with Gasteiger partial charge in [-0.1, -0.05) is 18.6 Å². The summed E-state index contributed by atoms with van der Waals surface area (Å²) in [5.41, 5.74) is 1.83. The summed E-state index contributed by atoms with van der Waals surface area (Å²) in [5, 5.41) is 14.3. The van der Waals surface area contributed by atoms with Crippen LogP contribution in [0.2, 0.25) is 0 Å². The van der Waals surface area contributed by atoms with Crippen LogP contribution in [0.1, 0.15) is 36.8 Å². The highest BCUT2D eigenvalue weighted by atomic mass is 16.2. The van der Waals surface area contributed by atoms with Gasteiger partial charge in [0.05, 0.1) is 0 Å². The molecule has 0 radical (unpaired) electrons. The number of carbonyl (C=O) groups is 2. The van der Waals surface area contributed by atoms with Gasteiger partial charge in [0.15, 0.2) is 11.6 Å². The topological polar surface area (TPSA) is 120 Å². The van der Waals surface area contributed by atoms with E-state index in [9.17, 15) is 9.59 Å². The van der Waals surface area contributed by atoms with E-state index in [1.807, 2.05) is 48.8 Å². The minimum atomic E-state index is -0.166. The van der Waals surface area contributed by atoms with Crippen molar-refractivity contribution in [2.45, 2.75) is 38.8 Å². The standard InChI is InChI=1S/C26H28N8O2/c35-25(29-17-19-6-8-23(27-15-19)33-12-2-10-31-33)21-4-1-5-22(14-21)26(36)30-18-20-7-9-24(28-16-20)34-13-3-11-32-34/h2-3,6-13,15-16,21-22H,1,4-5,14,17-18H2,(H,29,35)(H,30,36). The van der Waals surface area contributed by atoms with Crippen LogP contribution in [0.3, 0.4) is 0 Å². The van der Waals surface area contributed by atoms with Crippen LogP contribution in [-0.4, -0.2) is 41.3 Å². The van der Waals surface area contributed by atoms with Crippen molar-refractivity contribution in [1.82, 2.24) is 40.2 Å². The normalized spacial score (nSPS) is 17.4. The molecule has 4 aromatic rings. The predicted molar refractivity (Wildman–Crippen MR) is 132 cm³/mol. The van der Waals surface area contributed by atoms with Crippen LogP contribution in [0, 0.1) is 11.8 Å². The van der Waals surface area contributed by atoms with Crippen molar-refractivity contribution >= 4 is 11.8 Å². The quantitative estimate of drug-likeness (QED) is 0.397. The second-order valence-electron chi connectivity index (χ2n) is 8.95. The summed E-state index contributed by atoms with van der Waals surface area (Å²) in [6.07, 6.45) is 13.5. The van der Waals surface area contributed by atoms with Crippen LogP contribution in [0.4, 0.5) is 0 Å². The third-order valence-corrected chi connectivity index (χ3v) is 6.45. The lowest BCUT2D eigenvalue weighted by atomic mass is 9.80. The smallest absolute Gasteiger partial charge is 0.223 e. The Morgan fingerprint density at radius 3 is 1.67 bits per heavy atom. The molecule has 0 aliphatic heterocycles. The Morgan fingerprint density at radius 1 is 0.778 bits per heavy atom. The van der Waals surface area contributed by atoms with Crippen molar-refractivity contribution in [1.29, 1.82) is 0 Å². The SMILES string of the molecule is O=C(NCc1ccc(-n2cccn2)nc1)C1CCCC(C(=O)NCc2ccc(-n3cccn3)nc2)C1. The molecule has 2 N–H and O–H groups in total. The lowest BCUT2D eigenvalue weighted by molar-refractivity contribution is -0.130. The molecule has 5 rings (SSSR count).